The topological polar surface area (TPSA) is 115 Å². The highest BCUT2D eigenvalue weighted by Gasteiger charge is 2.56. The minimum atomic E-state index is -1.66. The molecule has 3 atom stereocenters. The van der Waals surface area contributed by atoms with Crippen LogP contribution in [0.4, 0.5) is 0 Å². The normalized spacial score (nSPS) is 29.3. The third kappa shape index (κ3) is 3.88. The van der Waals surface area contributed by atoms with Crippen LogP contribution in [0.2, 0.25) is 0 Å². The molecule has 1 aromatic heterocycles. The molecule has 2 unspecified atom stereocenters. The van der Waals surface area contributed by atoms with E-state index in [-0.39, 0.29) is 17.9 Å². The van der Waals surface area contributed by atoms with E-state index in [0.717, 1.165) is 51.6 Å². The molecule has 180 valence electrons. The molecule has 4 heterocycles. The SMILES string of the molecule is NC(=O)C(c1ccncn1)[N+]12CCC(CC1)[C@@H](OC(=O)C(O)(c1ccccc1)C1CCCC1)C2. The second-order valence-electron chi connectivity index (χ2n) is 10.2. The highest BCUT2D eigenvalue weighted by Crippen LogP contribution is 2.45. The molecule has 1 saturated carbocycles. The molecule has 3 saturated heterocycles. The van der Waals surface area contributed by atoms with Gasteiger partial charge in [0.1, 0.15) is 18.6 Å². The fourth-order valence-corrected chi connectivity index (χ4v) is 6.60. The van der Waals surface area contributed by atoms with Crippen molar-refractivity contribution in [1.82, 2.24) is 9.97 Å². The van der Waals surface area contributed by atoms with Crippen LogP contribution in [0.1, 0.15) is 55.8 Å². The number of primary amides is 1. The number of hydrogen-bond donors (Lipinski definition) is 2. The molecular formula is C26H33N4O4+. The van der Waals surface area contributed by atoms with Crippen LogP contribution in [0.25, 0.3) is 0 Å². The van der Waals surface area contributed by atoms with Gasteiger partial charge in [0.05, 0.1) is 13.1 Å². The van der Waals surface area contributed by atoms with Gasteiger partial charge in [-0.15, -0.1) is 0 Å². The predicted molar refractivity (Wildman–Crippen MR) is 124 cm³/mol. The van der Waals surface area contributed by atoms with Crippen LogP contribution in [0.5, 0.6) is 0 Å². The fraction of sp³-hybridized carbons (Fsp3) is 0.538. The molecule has 8 heteroatoms. The van der Waals surface area contributed by atoms with E-state index in [1.165, 1.54) is 6.33 Å². The summed E-state index contributed by atoms with van der Waals surface area (Å²) in [6.45, 7) is 2.05. The lowest BCUT2D eigenvalue weighted by molar-refractivity contribution is -0.965. The molecule has 6 rings (SSSR count). The van der Waals surface area contributed by atoms with Crippen LogP contribution >= 0.6 is 0 Å². The van der Waals surface area contributed by atoms with Crippen molar-refractivity contribution in [2.24, 2.45) is 17.6 Å². The first-order chi connectivity index (χ1) is 16.4. The zero-order valence-corrected chi connectivity index (χ0v) is 19.4. The van der Waals surface area contributed by atoms with Gasteiger partial charge < -0.3 is 20.1 Å². The summed E-state index contributed by atoms with van der Waals surface area (Å²) >= 11 is 0. The predicted octanol–water partition coefficient (Wildman–Crippen LogP) is 2.23. The number of quaternary nitrogens is 1. The lowest BCUT2D eigenvalue weighted by Crippen LogP contribution is -2.67. The number of amides is 1. The van der Waals surface area contributed by atoms with Crippen molar-refractivity contribution >= 4 is 11.9 Å². The number of hydrogen-bond acceptors (Lipinski definition) is 6. The van der Waals surface area contributed by atoms with Gasteiger partial charge in [-0.2, -0.15) is 0 Å². The monoisotopic (exact) mass is 465 g/mol. The zero-order valence-electron chi connectivity index (χ0n) is 19.4. The van der Waals surface area contributed by atoms with E-state index in [1.807, 2.05) is 30.3 Å². The van der Waals surface area contributed by atoms with E-state index in [1.54, 1.807) is 12.3 Å². The van der Waals surface area contributed by atoms with Crippen molar-refractivity contribution in [1.29, 1.82) is 0 Å². The first-order valence-corrected chi connectivity index (χ1v) is 12.3. The van der Waals surface area contributed by atoms with Gasteiger partial charge in [0.2, 0.25) is 6.04 Å². The summed E-state index contributed by atoms with van der Waals surface area (Å²) in [5, 5.41) is 11.8. The molecule has 1 aliphatic carbocycles. The Bertz CT molecular complexity index is 1020. The molecule has 3 N–H and O–H groups in total. The van der Waals surface area contributed by atoms with E-state index in [2.05, 4.69) is 9.97 Å². The third-order valence-electron chi connectivity index (χ3n) is 8.39. The van der Waals surface area contributed by atoms with Gasteiger partial charge in [-0.05, 0) is 24.5 Å². The Morgan fingerprint density at radius 2 is 1.79 bits per heavy atom. The molecule has 2 aromatic rings. The average molecular weight is 466 g/mol. The maximum absolute atomic E-state index is 13.7. The highest BCUT2D eigenvalue weighted by molar-refractivity contribution is 5.82. The van der Waals surface area contributed by atoms with E-state index in [9.17, 15) is 14.7 Å². The molecule has 4 aliphatic rings. The number of aromatic nitrogens is 2. The number of nitrogens with zero attached hydrogens (tertiary/aromatic N) is 3. The van der Waals surface area contributed by atoms with Gasteiger partial charge in [0.25, 0.3) is 5.91 Å². The Labute approximate surface area is 199 Å². The largest absolute Gasteiger partial charge is 0.454 e. The van der Waals surface area contributed by atoms with Crippen LogP contribution in [-0.2, 0) is 19.9 Å². The molecule has 4 fully saturated rings. The molecule has 3 aliphatic heterocycles. The number of benzene rings is 1. The quantitative estimate of drug-likeness (QED) is 0.479. The second kappa shape index (κ2) is 9.07. The number of rotatable bonds is 7. The third-order valence-corrected chi connectivity index (χ3v) is 8.39. The Morgan fingerprint density at radius 1 is 1.09 bits per heavy atom. The van der Waals surface area contributed by atoms with Crippen molar-refractivity contribution in [3.63, 3.8) is 0 Å². The molecule has 2 bridgehead atoms. The average Bonchev–Trinajstić information content (AvgIpc) is 3.41. The van der Waals surface area contributed by atoms with E-state index < -0.39 is 23.5 Å². The summed E-state index contributed by atoms with van der Waals surface area (Å²) in [6, 6.07) is 10.3. The molecule has 1 amide bonds. The lowest BCUT2D eigenvalue weighted by Gasteiger charge is -2.54. The van der Waals surface area contributed by atoms with Crippen LogP contribution < -0.4 is 5.73 Å². The van der Waals surface area contributed by atoms with Crippen LogP contribution in [-0.4, -0.2) is 57.2 Å². The molecule has 34 heavy (non-hydrogen) atoms. The van der Waals surface area contributed by atoms with Crippen LogP contribution in [0, 0.1) is 11.8 Å². The summed E-state index contributed by atoms with van der Waals surface area (Å²) in [4.78, 5) is 34.6. The number of esters is 1. The Hall–Kier alpha value is -2.84. The Balaban J connectivity index is 1.42. The Morgan fingerprint density at radius 3 is 2.41 bits per heavy atom. The van der Waals surface area contributed by atoms with Crippen LogP contribution in [0.3, 0.4) is 0 Å². The van der Waals surface area contributed by atoms with Crippen molar-refractivity contribution in [3.8, 4) is 0 Å². The number of fused-ring (bicyclic) bond motifs is 3. The number of nitrogens with two attached hydrogens (primary N) is 1. The molecule has 1 aromatic carbocycles. The van der Waals surface area contributed by atoms with Gasteiger partial charge in [-0.25, -0.2) is 14.8 Å². The first-order valence-electron chi connectivity index (χ1n) is 12.3. The number of carbonyl (C=O) groups excluding carboxylic acids is 2. The van der Waals surface area contributed by atoms with Crippen molar-refractivity contribution in [3.05, 3.63) is 60.2 Å². The Kier molecular flexibility index (Phi) is 6.12. The molecule has 0 spiro atoms. The van der Waals surface area contributed by atoms with Gasteiger partial charge in [0, 0.05) is 30.9 Å². The zero-order chi connectivity index (χ0) is 23.8. The maximum Gasteiger partial charge on any atom is 0.343 e. The standard InChI is InChI=1S/C26H32N4O4/c27-24(31)23(21-10-13-28-17-29-21)30-14-11-18(12-15-30)22(16-30)34-25(32)26(33,20-8-4-5-9-20)19-6-2-1-3-7-19/h1-3,6-7,10,13,17-18,20,22-23,33H,4-5,8-9,11-12,14-16H2,(H-,27,31)/p+1/t18?,22-,23?,26?,30?/m0/s1. The van der Waals surface area contributed by atoms with Gasteiger partial charge in [0.15, 0.2) is 11.7 Å². The van der Waals surface area contributed by atoms with Crippen molar-refractivity contribution in [2.45, 2.75) is 56.3 Å². The summed E-state index contributed by atoms with van der Waals surface area (Å²) in [5.74, 6) is -0.950. The van der Waals surface area contributed by atoms with Crippen LogP contribution in [0.15, 0.2) is 48.9 Å². The van der Waals surface area contributed by atoms with Crippen molar-refractivity contribution < 1.29 is 23.9 Å². The van der Waals surface area contributed by atoms with Gasteiger partial charge in [-0.3, -0.25) is 4.79 Å². The minimum absolute atomic E-state index is 0.161. The number of piperidine rings is 3. The summed E-state index contributed by atoms with van der Waals surface area (Å²) in [7, 11) is 0. The fourth-order valence-electron chi connectivity index (χ4n) is 6.60. The smallest absolute Gasteiger partial charge is 0.343 e. The van der Waals surface area contributed by atoms with E-state index >= 15 is 0 Å². The number of carbonyl (C=O) groups is 2. The molecular weight excluding hydrogens is 432 g/mol. The first kappa shape index (κ1) is 22.9. The summed E-state index contributed by atoms with van der Waals surface area (Å²) < 4.78 is 6.58. The summed E-state index contributed by atoms with van der Waals surface area (Å²) in [5.41, 5.74) is 5.41. The van der Waals surface area contributed by atoms with E-state index in [0.29, 0.717) is 22.3 Å². The number of aliphatic hydroxyl groups is 1. The van der Waals surface area contributed by atoms with E-state index in [4.69, 9.17) is 10.5 Å². The van der Waals surface area contributed by atoms with Crippen molar-refractivity contribution in [2.75, 3.05) is 19.6 Å². The molecule has 0 radical (unpaired) electrons. The maximum atomic E-state index is 13.7. The minimum Gasteiger partial charge on any atom is -0.454 e. The van der Waals surface area contributed by atoms with Gasteiger partial charge >= 0.3 is 5.97 Å². The number of ether oxygens (including phenoxy) is 1. The lowest BCUT2D eigenvalue weighted by atomic mass is 9.79. The van der Waals surface area contributed by atoms with Gasteiger partial charge in [-0.1, -0.05) is 43.2 Å². The highest BCUT2D eigenvalue weighted by atomic mass is 16.6. The second-order valence-corrected chi connectivity index (χ2v) is 10.2. The molecule has 8 nitrogen and oxygen atoms in total. The summed E-state index contributed by atoms with van der Waals surface area (Å²) in [6.07, 6.45) is 7.93.